The quantitative estimate of drug-likeness (QED) is 0.749. The molecule has 11 heteroatoms. The van der Waals surface area contributed by atoms with Crippen molar-refractivity contribution in [3.05, 3.63) is 12.1 Å². The third-order valence-corrected chi connectivity index (χ3v) is 5.49. The third-order valence-electron chi connectivity index (χ3n) is 3.62. The Bertz CT molecular complexity index is 732. The number of aromatic nitrogens is 1. The number of fused-ring (bicyclic) bond motifs is 1. The van der Waals surface area contributed by atoms with Crippen LogP contribution in [0.25, 0.3) is 0 Å². The molecular weight excluding hydrogens is 338 g/mol. The zero-order chi connectivity index (χ0) is 17.3. The zero-order valence-electron chi connectivity index (χ0n) is 13.4. The minimum atomic E-state index is -3.43. The van der Waals surface area contributed by atoms with Gasteiger partial charge in [-0.3, -0.25) is 5.32 Å². The van der Waals surface area contributed by atoms with E-state index in [0.717, 1.165) is 4.31 Å². The minimum absolute atomic E-state index is 0.239. The van der Waals surface area contributed by atoms with Crippen molar-refractivity contribution >= 4 is 22.1 Å². The van der Waals surface area contributed by atoms with E-state index < -0.39 is 16.2 Å². The molecule has 3 heterocycles. The summed E-state index contributed by atoms with van der Waals surface area (Å²) in [4.78, 5) is 16.1. The Morgan fingerprint density at radius 3 is 2.71 bits per heavy atom. The van der Waals surface area contributed by atoms with Crippen molar-refractivity contribution in [3.63, 3.8) is 0 Å². The maximum absolute atomic E-state index is 12.0. The third kappa shape index (κ3) is 3.37. The van der Waals surface area contributed by atoms with Gasteiger partial charge in [-0.1, -0.05) is 0 Å². The van der Waals surface area contributed by atoms with E-state index in [2.05, 4.69) is 15.6 Å². The van der Waals surface area contributed by atoms with E-state index in [1.807, 2.05) is 0 Å². The van der Waals surface area contributed by atoms with Gasteiger partial charge in [0.25, 0.3) is 16.1 Å². The van der Waals surface area contributed by atoms with E-state index >= 15 is 0 Å². The molecule has 1 aromatic rings. The number of amides is 2. The Kier molecular flexibility index (Phi) is 4.47. The summed E-state index contributed by atoms with van der Waals surface area (Å²) >= 11 is 0. The first-order valence-electron chi connectivity index (χ1n) is 7.38. The van der Waals surface area contributed by atoms with Crippen LogP contribution in [0.3, 0.4) is 0 Å². The van der Waals surface area contributed by atoms with Gasteiger partial charge < -0.3 is 14.8 Å². The molecule has 0 radical (unpaired) electrons. The average molecular weight is 357 g/mol. The summed E-state index contributed by atoms with van der Waals surface area (Å²) in [5, 5.41) is 5.29. The lowest BCUT2D eigenvalue weighted by Gasteiger charge is -2.39. The number of nitrogens with zero attached hydrogens (tertiary/aromatic N) is 3. The van der Waals surface area contributed by atoms with E-state index in [4.69, 9.17) is 9.47 Å². The summed E-state index contributed by atoms with van der Waals surface area (Å²) in [5.74, 6) is 1.20. The molecule has 1 fully saturated rings. The second-order valence-electron chi connectivity index (χ2n) is 5.60. The summed E-state index contributed by atoms with van der Waals surface area (Å²) < 4.78 is 36.9. The first-order valence-corrected chi connectivity index (χ1v) is 8.78. The molecule has 1 aromatic heterocycles. The van der Waals surface area contributed by atoms with Gasteiger partial charge in [0.05, 0.1) is 6.04 Å². The molecule has 1 saturated heterocycles. The summed E-state index contributed by atoms with van der Waals surface area (Å²) in [5.41, 5.74) is 0. The Hall–Kier alpha value is -2.11. The molecule has 0 saturated carbocycles. The molecular formula is C13H19N5O5S. The number of rotatable bonds is 4. The number of nitrogens with one attached hydrogen (secondary N) is 2. The predicted molar refractivity (Wildman–Crippen MR) is 85.3 cm³/mol. The number of carbonyl (C=O) groups excluding carboxylic acids is 1. The molecule has 2 amide bonds. The van der Waals surface area contributed by atoms with Crippen LogP contribution in [0.4, 0.5) is 10.6 Å². The van der Waals surface area contributed by atoms with Gasteiger partial charge in [0.15, 0.2) is 5.75 Å². The molecule has 0 unspecified atom stereocenters. The van der Waals surface area contributed by atoms with Crippen molar-refractivity contribution in [1.29, 1.82) is 0 Å². The van der Waals surface area contributed by atoms with Crippen molar-refractivity contribution in [2.45, 2.75) is 6.04 Å². The Morgan fingerprint density at radius 2 is 2.00 bits per heavy atom. The SMILES string of the molecule is CN(C)S(=O)(=O)N1CC(NC(=O)Nc2ccc3c(n2)OCCO3)C1. The van der Waals surface area contributed by atoms with E-state index in [-0.39, 0.29) is 19.1 Å². The monoisotopic (exact) mass is 357 g/mol. The van der Waals surface area contributed by atoms with E-state index in [0.29, 0.717) is 30.7 Å². The number of hydrogen-bond donors (Lipinski definition) is 2. The molecule has 24 heavy (non-hydrogen) atoms. The molecule has 2 N–H and O–H groups in total. The average Bonchev–Trinajstić information content (AvgIpc) is 2.50. The van der Waals surface area contributed by atoms with E-state index in [1.165, 1.54) is 18.4 Å². The Balaban J connectivity index is 1.51. The van der Waals surface area contributed by atoms with Crippen LogP contribution >= 0.6 is 0 Å². The fourth-order valence-corrected chi connectivity index (χ4v) is 3.49. The fraction of sp³-hybridized carbons (Fsp3) is 0.538. The van der Waals surface area contributed by atoms with Crippen molar-refractivity contribution in [3.8, 4) is 11.6 Å². The number of carbonyl (C=O) groups is 1. The zero-order valence-corrected chi connectivity index (χ0v) is 14.2. The van der Waals surface area contributed by atoms with E-state index in [1.54, 1.807) is 12.1 Å². The first kappa shape index (κ1) is 16.7. The normalized spacial score (nSPS) is 18.1. The Morgan fingerprint density at radius 1 is 1.29 bits per heavy atom. The number of urea groups is 1. The molecule has 0 atom stereocenters. The summed E-state index contributed by atoms with van der Waals surface area (Å²) in [6.07, 6.45) is 0. The van der Waals surface area contributed by atoms with Gasteiger partial charge in [0, 0.05) is 27.2 Å². The summed E-state index contributed by atoms with van der Waals surface area (Å²) in [7, 11) is -0.489. The molecule has 0 aromatic carbocycles. The summed E-state index contributed by atoms with van der Waals surface area (Å²) in [6.45, 7) is 1.36. The number of hydrogen-bond acceptors (Lipinski definition) is 6. The Labute approximate surface area is 139 Å². The number of pyridine rings is 1. The predicted octanol–water partition coefficient (Wildman–Crippen LogP) is -0.535. The van der Waals surface area contributed by atoms with Gasteiger partial charge in [-0.2, -0.15) is 22.0 Å². The molecule has 3 rings (SSSR count). The fourth-order valence-electron chi connectivity index (χ4n) is 2.29. The smallest absolute Gasteiger partial charge is 0.320 e. The highest BCUT2D eigenvalue weighted by Gasteiger charge is 2.37. The highest BCUT2D eigenvalue weighted by Crippen LogP contribution is 2.28. The standard InChI is InChI=1S/C13H19N5O5S/c1-17(2)24(20,21)18-7-9(8-18)14-13(19)16-11-4-3-10-12(15-11)23-6-5-22-10/h3-4,9H,5-8H2,1-2H3,(H2,14,15,16,19). The van der Waals surface area contributed by atoms with Gasteiger partial charge in [-0.15, -0.1) is 0 Å². The molecule has 132 valence electrons. The van der Waals surface area contributed by atoms with Crippen LogP contribution in [0.15, 0.2) is 12.1 Å². The topological polar surface area (TPSA) is 113 Å². The van der Waals surface area contributed by atoms with Crippen LogP contribution in [0.2, 0.25) is 0 Å². The maximum Gasteiger partial charge on any atom is 0.320 e. The highest BCUT2D eigenvalue weighted by molar-refractivity contribution is 7.86. The van der Waals surface area contributed by atoms with Crippen LogP contribution < -0.4 is 20.1 Å². The molecule has 0 aliphatic carbocycles. The van der Waals surface area contributed by atoms with Gasteiger partial charge in [-0.25, -0.2) is 4.79 Å². The second-order valence-corrected chi connectivity index (χ2v) is 7.74. The van der Waals surface area contributed by atoms with Gasteiger partial charge in [0.1, 0.15) is 19.0 Å². The maximum atomic E-state index is 12.0. The van der Waals surface area contributed by atoms with Crippen LogP contribution in [0.5, 0.6) is 11.6 Å². The lowest BCUT2D eigenvalue weighted by Crippen LogP contribution is -2.63. The minimum Gasteiger partial charge on any atom is -0.484 e. The highest BCUT2D eigenvalue weighted by atomic mass is 32.2. The van der Waals surface area contributed by atoms with Gasteiger partial charge >= 0.3 is 6.03 Å². The second kappa shape index (κ2) is 6.42. The molecule has 0 bridgehead atoms. The van der Waals surface area contributed by atoms with Crippen molar-refractivity contribution < 1.29 is 22.7 Å². The van der Waals surface area contributed by atoms with Crippen molar-refractivity contribution in [2.75, 3.05) is 45.7 Å². The van der Waals surface area contributed by atoms with Crippen LogP contribution in [-0.2, 0) is 10.2 Å². The van der Waals surface area contributed by atoms with Crippen molar-refractivity contribution in [2.24, 2.45) is 0 Å². The number of ether oxygens (including phenoxy) is 2. The molecule has 2 aliphatic heterocycles. The largest absolute Gasteiger partial charge is 0.484 e. The molecule has 10 nitrogen and oxygen atoms in total. The van der Waals surface area contributed by atoms with Crippen LogP contribution in [0.1, 0.15) is 0 Å². The van der Waals surface area contributed by atoms with E-state index in [9.17, 15) is 13.2 Å². The van der Waals surface area contributed by atoms with Gasteiger partial charge in [0.2, 0.25) is 0 Å². The lowest BCUT2D eigenvalue weighted by atomic mass is 10.2. The van der Waals surface area contributed by atoms with Gasteiger partial charge in [-0.05, 0) is 12.1 Å². The summed E-state index contributed by atoms with van der Waals surface area (Å²) in [6, 6.07) is 2.59. The van der Waals surface area contributed by atoms with Crippen LogP contribution in [0, 0.1) is 0 Å². The van der Waals surface area contributed by atoms with Crippen molar-refractivity contribution in [1.82, 2.24) is 18.9 Å². The van der Waals surface area contributed by atoms with Crippen LogP contribution in [-0.4, -0.2) is 74.5 Å². The first-order chi connectivity index (χ1) is 11.4. The molecule has 2 aliphatic rings. The number of anilines is 1. The molecule has 0 spiro atoms. The lowest BCUT2D eigenvalue weighted by molar-refractivity contribution is 0.164.